The number of halogens is 3. The summed E-state index contributed by atoms with van der Waals surface area (Å²) in [5, 5.41) is 2.41. The molecule has 104 valence electrons. The number of carbonyl (C=O) groups excluding carboxylic acids is 1. The van der Waals surface area contributed by atoms with E-state index in [2.05, 4.69) is 33.9 Å². The lowest BCUT2D eigenvalue weighted by molar-refractivity contribution is -0.115. The predicted molar refractivity (Wildman–Crippen MR) is 80.1 cm³/mol. The highest BCUT2D eigenvalue weighted by Gasteiger charge is 2.11. The molecule has 0 aliphatic heterocycles. The average Bonchev–Trinajstić information content (AvgIpc) is 2.39. The number of thiol groups is 1. The summed E-state index contributed by atoms with van der Waals surface area (Å²) < 4.78 is 26.7. The maximum Gasteiger partial charge on any atom is 0.228 e. The first-order chi connectivity index (χ1) is 9.45. The molecule has 2 nitrogen and oxygen atoms in total. The molecule has 0 unspecified atom stereocenters. The van der Waals surface area contributed by atoms with E-state index in [-0.39, 0.29) is 22.5 Å². The number of amides is 1. The third-order valence-electron chi connectivity index (χ3n) is 2.59. The molecule has 6 heteroatoms. The van der Waals surface area contributed by atoms with Crippen LogP contribution in [0, 0.1) is 11.6 Å². The van der Waals surface area contributed by atoms with Crippen molar-refractivity contribution in [2.75, 3.05) is 5.32 Å². The Kier molecular flexibility index (Phi) is 4.77. The molecule has 0 saturated heterocycles. The second-order valence-electron chi connectivity index (χ2n) is 4.14. The molecule has 2 aromatic rings. The minimum atomic E-state index is -0.815. The summed E-state index contributed by atoms with van der Waals surface area (Å²) in [4.78, 5) is 12.6. The van der Waals surface area contributed by atoms with E-state index in [1.54, 1.807) is 24.3 Å². The average molecular weight is 358 g/mol. The van der Waals surface area contributed by atoms with Crippen molar-refractivity contribution in [1.29, 1.82) is 0 Å². The number of anilines is 1. The van der Waals surface area contributed by atoms with Gasteiger partial charge in [0.2, 0.25) is 5.91 Å². The van der Waals surface area contributed by atoms with E-state index in [4.69, 9.17) is 0 Å². The van der Waals surface area contributed by atoms with Gasteiger partial charge in [-0.2, -0.15) is 0 Å². The molecule has 0 aromatic heterocycles. The third kappa shape index (κ3) is 3.80. The van der Waals surface area contributed by atoms with Crippen LogP contribution in [0.3, 0.4) is 0 Å². The van der Waals surface area contributed by atoms with Crippen LogP contribution in [-0.2, 0) is 11.2 Å². The number of nitrogens with one attached hydrogen (secondary N) is 1. The van der Waals surface area contributed by atoms with Gasteiger partial charge < -0.3 is 5.32 Å². The molecule has 2 rings (SSSR count). The van der Waals surface area contributed by atoms with Crippen LogP contribution in [-0.4, -0.2) is 5.91 Å². The van der Waals surface area contributed by atoms with Crippen molar-refractivity contribution < 1.29 is 13.6 Å². The minimum Gasteiger partial charge on any atom is -0.323 e. The zero-order valence-corrected chi connectivity index (χ0v) is 12.6. The second kappa shape index (κ2) is 6.37. The van der Waals surface area contributed by atoms with Crippen molar-refractivity contribution in [3.63, 3.8) is 0 Å². The van der Waals surface area contributed by atoms with Crippen LogP contribution in [0.2, 0.25) is 0 Å². The van der Waals surface area contributed by atoms with E-state index in [1.807, 2.05) is 0 Å². The van der Waals surface area contributed by atoms with Gasteiger partial charge in [-0.25, -0.2) is 8.78 Å². The molecule has 0 atom stereocenters. The van der Waals surface area contributed by atoms with Crippen LogP contribution in [0.1, 0.15) is 5.56 Å². The fourth-order valence-corrected chi connectivity index (χ4v) is 2.10. The van der Waals surface area contributed by atoms with Gasteiger partial charge in [0.05, 0.1) is 16.6 Å². The zero-order chi connectivity index (χ0) is 14.7. The normalized spacial score (nSPS) is 10.4. The van der Waals surface area contributed by atoms with Gasteiger partial charge in [-0.15, -0.1) is 12.6 Å². The lowest BCUT2D eigenvalue weighted by Crippen LogP contribution is -2.15. The number of hydrogen-bond donors (Lipinski definition) is 2. The molecule has 0 fully saturated rings. The summed E-state index contributed by atoms with van der Waals surface area (Å²) in [6, 6.07) is 8.97. The van der Waals surface area contributed by atoms with E-state index < -0.39 is 11.6 Å². The molecule has 0 aliphatic carbocycles. The predicted octanol–water partition coefficient (Wildman–Crippen LogP) is 4.20. The van der Waals surface area contributed by atoms with E-state index >= 15 is 0 Å². The SMILES string of the molecule is O=C(Cc1ccc(S)cc1)Nc1cc(Br)c(F)cc1F. The molecular formula is C14H10BrF2NOS. The van der Waals surface area contributed by atoms with Crippen LogP contribution in [0.5, 0.6) is 0 Å². The maximum absolute atomic E-state index is 13.5. The van der Waals surface area contributed by atoms with Crippen molar-refractivity contribution in [2.24, 2.45) is 0 Å². The van der Waals surface area contributed by atoms with Crippen molar-refractivity contribution in [2.45, 2.75) is 11.3 Å². The van der Waals surface area contributed by atoms with Crippen LogP contribution >= 0.6 is 28.6 Å². The second-order valence-corrected chi connectivity index (χ2v) is 5.51. The Labute approximate surface area is 128 Å². The molecule has 0 heterocycles. The molecule has 2 aromatic carbocycles. The summed E-state index contributed by atoms with van der Waals surface area (Å²) >= 11 is 7.09. The highest BCUT2D eigenvalue weighted by Crippen LogP contribution is 2.23. The summed E-state index contributed by atoms with van der Waals surface area (Å²) in [6.07, 6.45) is 0.0997. The number of hydrogen-bond acceptors (Lipinski definition) is 2. The van der Waals surface area contributed by atoms with Gasteiger partial charge in [-0.05, 0) is 39.7 Å². The van der Waals surface area contributed by atoms with Gasteiger partial charge in [0.25, 0.3) is 0 Å². The molecular weight excluding hydrogens is 348 g/mol. The Hall–Kier alpha value is -1.40. The third-order valence-corrected chi connectivity index (χ3v) is 3.49. The molecule has 1 N–H and O–H groups in total. The summed E-state index contributed by atoms with van der Waals surface area (Å²) in [5.74, 6) is -1.91. The van der Waals surface area contributed by atoms with Crippen LogP contribution in [0.4, 0.5) is 14.5 Å². The van der Waals surface area contributed by atoms with Gasteiger partial charge >= 0.3 is 0 Å². The Morgan fingerprint density at radius 3 is 2.45 bits per heavy atom. The monoisotopic (exact) mass is 357 g/mol. The van der Waals surface area contributed by atoms with E-state index in [9.17, 15) is 13.6 Å². The van der Waals surface area contributed by atoms with Gasteiger partial charge in [0, 0.05) is 11.0 Å². The van der Waals surface area contributed by atoms with Crippen molar-refractivity contribution >= 4 is 40.2 Å². The summed E-state index contributed by atoms with van der Waals surface area (Å²) in [5.41, 5.74) is 0.718. The quantitative estimate of drug-likeness (QED) is 0.625. The summed E-state index contributed by atoms with van der Waals surface area (Å²) in [7, 11) is 0. The maximum atomic E-state index is 13.5. The molecule has 20 heavy (non-hydrogen) atoms. The minimum absolute atomic E-state index is 0.0610. The number of benzene rings is 2. The number of rotatable bonds is 3. The van der Waals surface area contributed by atoms with Crippen LogP contribution < -0.4 is 5.32 Å². The first kappa shape index (κ1) is 15.0. The van der Waals surface area contributed by atoms with Crippen molar-refractivity contribution in [3.05, 3.63) is 58.1 Å². The first-order valence-corrected chi connectivity index (χ1v) is 6.92. The Morgan fingerprint density at radius 1 is 1.15 bits per heavy atom. The largest absolute Gasteiger partial charge is 0.323 e. The molecule has 1 amide bonds. The highest BCUT2D eigenvalue weighted by molar-refractivity contribution is 9.10. The fraction of sp³-hybridized carbons (Fsp3) is 0.0714. The fourth-order valence-electron chi connectivity index (χ4n) is 1.61. The first-order valence-electron chi connectivity index (χ1n) is 5.68. The van der Waals surface area contributed by atoms with Gasteiger partial charge in [-0.1, -0.05) is 12.1 Å². The van der Waals surface area contributed by atoms with Crippen molar-refractivity contribution in [1.82, 2.24) is 0 Å². The summed E-state index contributed by atoms with van der Waals surface area (Å²) in [6.45, 7) is 0. The highest BCUT2D eigenvalue weighted by atomic mass is 79.9. The van der Waals surface area contributed by atoms with Gasteiger partial charge in [0.1, 0.15) is 11.6 Å². The topological polar surface area (TPSA) is 29.1 Å². The Morgan fingerprint density at radius 2 is 1.80 bits per heavy atom. The van der Waals surface area contributed by atoms with Crippen molar-refractivity contribution in [3.8, 4) is 0 Å². The van der Waals surface area contributed by atoms with E-state index in [0.717, 1.165) is 16.5 Å². The lowest BCUT2D eigenvalue weighted by atomic mass is 10.1. The Balaban J connectivity index is 2.08. The molecule has 0 saturated carbocycles. The van der Waals surface area contributed by atoms with Crippen LogP contribution in [0.15, 0.2) is 45.8 Å². The lowest BCUT2D eigenvalue weighted by Gasteiger charge is -2.08. The van der Waals surface area contributed by atoms with E-state index in [0.29, 0.717) is 0 Å². The van der Waals surface area contributed by atoms with Gasteiger partial charge in [-0.3, -0.25) is 4.79 Å². The van der Waals surface area contributed by atoms with E-state index in [1.165, 1.54) is 6.07 Å². The van der Waals surface area contributed by atoms with Crippen LogP contribution in [0.25, 0.3) is 0 Å². The van der Waals surface area contributed by atoms with Gasteiger partial charge in [0.15, 0.2) is 0 Å². The molecule has 0 spiro atoms. The number of carbonyl (C=O) groups is 1. The standard InChI is InChI=1S/C14H10BrF2NOS/c15-10-6-13(12(17)7-11(10)16)18-14(19)5-8-1-3-9(20)4-2-8/h1-4,6-7,20H,5H2,(H,18,19). The Bertz CT molecular complexity index is 646. The smallest absolute Gasteiger partial charge is 0.228 e. The zero-order valence-electron chi connectivity index (χ0n) is 10.2. The molecule has 0 bridgehead atoms. The molecule has 0 radical (unpaired) electrons. The molecule has 0 aliphatic rings.